The van der Waals surface area contributed by atoms with Crippen molar-refractivity contribution >= 4 is 40.1 Å². The Morgan fingerprint density at radius 2 is 1.18 bits per heavy atom. The molecule has 5 heterocycles. The summed E-state index contributed by atoms with van der Waals surface area (Å²) in [6, 6.07) is 38.4. The van der Waals surface area contributed by atoms with Crippen molar-refractivity contribution in [3.05, 3.63) is 127 Å². The van der Waals surface area contributed by atoms with E-state index in [0.717, 1.165) is 37.3 Å². The minimum atomic E-state index is -0.233. The van der Waals surface area contributed by atoms with Gasteiger partial charge in [-0.2, -0.15) is 0 Å². The van der Waals surface area contributed by atoms with Gasteiger partial charge >= 0.3 is 0 Å². The van der Waals surface area contributed by atoms with Crippen LogP contribution in [0.1, 0.15) is 50.7 Å². The predicted octanol–water partition coefficient (Wildman–Crippen LogP) is 8.81. The molecule has 0 bridgehead atoms. The predicted molar refractivity (Wildman–Crippen MR) is 183 cm³/mol. The van der Waals surface area contributed by atoms with Crippen molar-refractivity contribution in [1.29, 1.82) is 0 Å². The third kappa shape index (κ3) is 3.19. The van der Waals surface area contributed by atoms with E-state index in [0.29, 0.717) is 0 Å². The Labute approximate surface area is 265 Å². The van der Waals surface area contributed by atoms with Gasteiger partial charge in [0.05, 0.1) is 11.4 Å². The third-order valence-corrected chi connectivity index (χ3v) is 11.5. The monoisotopic (exact) mass is 590 g/mol. The maximum Gasteiger partial charge on any atom is 0.178 e. The molecule has 45 heavy (non-hydrogen) atoms. The molecule has 0 aliphatic carbocycles. The van der Waals surface area contributed by atoms with Crippen LogP contribution in [0.25, 0.3) is 0 Å². The molecule has 4 aliphatic heterocycles. The van der Waals surface area contributed by atoms with Gasteiger partial charge in [0.25, 0.3) is 0 Å². The van der Waals surface area contributed by atoms with Gasteiger partial charge in [-0.05, 0) is 73.2 Å². The van der Waals surface area contributed by atoms with E-state index in [9.17, 15) is 0 Å². The van der Waals surface area contributed by atoms with Crippen molar-refractivity contribution in [2.75, 3.05) is 26.6 Å². The lowest BCUT2D eigenvalue weighted by molar-refractivity contribution is 0.147. The van der Waals surface area contributed by atoms with Crippen molar-refractivity contribution in [3.8, 4) is 0 Å². The van der Waals surface area contributed by atoms with Crippen molar-refractivity contribution in [2.45, 2.75) is 62.7 Å². The Kier molecular flexibility index (Phi) is 5.65. The number of nitrogens with zero attached hydrogens (tertiary/aromatic N) is 6. The van der Waals surface area contributed by atoms with E-state index >= 15 is 0 Å². The molecular weight excluding hydrogens is 552 g/mol. The van der Waals surface area contributed by atoms with Gasteiger partial charge in [0, 0.05) is 47.3 Å². The van der Waals surface area contributed by atoms with Gasteiger partial charge in [0.15, 0.2) is 11.6 Å². The zero-order valence-electron chi connectivity index (χ0n) is 26.1. The zero-order chi connectivity index (χ0) is 30.3. The highest BCUT2D eigenvalue weighted by Gasteiger charge is 2.67. The lowest BCUT2D eigenvalue weighted by atomic mass is 9.51. The van der Waals surface area contributed by atoms with Crippen LogP contribution in [0, 0.1) is 0 Å². The van der Waals surface area contributed by atoms with Crippen LogP contribution >= 0.6 is 0 Å². The summed E-state index contributed by atoms with van der Waals surface area (Å²) in [6.45, 7) is 4.83. The fourth-order valence-corrected chi connectivity index (χ4v) is 9.86. The van der Waals surface area contributed by atoms with Gasteiger partial charge in [0.2, 0.25) is 0 Å². The molecule has 1 aromatic heterocycles. The molecule has 0 amide bonds. The van der Waals surface area contributed by atoms with Crippen LogP contribution in [0.2, 0.25) is 0 Å². The summed E-state index contributed by atoms with van der Waals surface area (Å²) in [7, 11) is 2.24. The van der Waals surface area contributed by atoms with Gasteiger partial charge in [-0.3, -0.25) is 0 Å². The lowest BCUT2D eigenvalue weighted by Gasteiger charge is -2.56. The van der Waals surface area contributed by atoms with E-state index in [4.69, 9.17) is 9.97 Å². The Hall–Kier alpha value is -4.84. The van der Waals surface area contributed by atoms with Gasteiger partial charge in [-0.25, -0.2) is 9.97 Å². The summed E-state index contributed by atoms with van der Waals surface area (Å²) in [5.74, 6) is 1.93. The zero-order valence-corrected chi connectivity index (χ0v) is 26.1. The fourth-order valence-electron chi connectivity index (χ4n) is 9.86. The highest BCUT2D eigenvalue weighted by atomic mass is 15.5. The molecule has 4 aliphatic rings. The largest absolute Gasteiger partial charge is 0.335 e. The van der Waals surface area contributed by atoms with Crippen LogP contribution in [0.5, 0.6) is 0 Å². The third-order valence-electron chi connectivity index (χ3n) is 11.5. The highest BCUT2D eigenvalue weighted by Crippen LogP contribution is 2.67. The first-order valence-electron chi connectivity index (χ1n) is 16.4. The van der Waals surface area contributed by atoms with E-state index in [2.05, 4.69) is 144 Å². The van der Waals surface area contributed by atoms with Crippen LogP contribution in [-0.4, -0.2) is 29.3 Å². The number of anilines is 7. The molecule has 0 saturated carbocycles. The summed E-state index contributed by atoms with van der Waals surface area (Å²) in [4.78, 5) is 20.0. The number of hydrogen-bond donors (Lipinski definition) is 0. The first-order valence-corrected chi connectivity index (χ1v) is 16.4. The van der Waals surface area contributed by atoms with Crippen molar-refractivity contribution in [2.24, 2.45) is 0 Å². The average molecular weight is 591 g/mol. The van der Waals surface area contributed by atoms with Crippen LogP contribution in [0.3, 0.4) is 0 Å². The van der Waals surface area contributed by atoms with Gasteiger partial charge in [-0.15, -0.1) is 0 Å². The molecule has 3 unspecified atom stereocenters. The van der Waals surface area contributed by atoms with Gasteiger partial charge < -0.3 is 19.6 Å². The second-order valence-corrected chi connectivity index (χ2v) is 12.9. The van der Waals surface area contributed by atoms with Crippen LogP contribution in [-0.2, 0) is 10.8 Å². The Bertz CT molecular complexity index is 1920. The maximum atomic E-state index is 4.95. The van der Waals surface area contributed by atoms with Crippen LogP contribution in [0.15, 0.2) is 116 Å². The van der Waals surface area contributed by atoms with E-state index < -0.39 is 0 Å². The Balaban J connectivity index is 1.35. The van der Waals surface area contributed by atoms with Crippen molar-refractivity contribution in [1.82, 2.24) is 9.97 Å². The summed E-state index contributed by atoms with van der Waals surface area (Å²) in [5, 5.41) is 0. The molecule has 0 radical (unpaired) electrons. The SMILES string of the molecule is CCC1(CC)c2ccccc2N2c3ccccc3N(c3ccccc3)C2CCC12c1ccccc1N1c3nccnc3N(C)C12. The number of rotatable bonds is 3. The van der Waals surface area contributed by atoms with Crippen molar-refractivity contribution < 1.29 is 0 Å². The second-order valence-electron chi connectivity index (χ2n) is 12.9. The second kappa shape index (κ2) is 9.58. The normalized spacial score (nSPS) is 23.5. The minimum absolute atomic E-state index is 0.0563. The molecular formula is C39H38N6. The van der Waals surface area contributed by atoms with Crippen LogP contribution in [0.4, 0.5) is 40.1 Å². The molecule has 4 aromatic carbocycles. The van der Waals surface area contributed by atoms with E-state index in [-0.39, 0.29) is 23.2 Å². The number of aromatic nitrogens is 2. The first kappa shape index (κ1) is 26.6. The molecule has 0 saturated heterocycles. The molecule has 9 rings (SSSR count). The molecule has 1 spiro atoms. The number of likely N-dealkylation sites (N-methyl/N-ethyl adjacent to an activating group) is 1. The first-order chi connectivity index (χ1) is 22.2. The van der Waals surface area contributed by atoms with E-state index in [1.165, 1.54) is 39.6 Å². The summed E-state index contributed by atoms with van der Waals surface area (Å²) in [6.07, 6.45) is 7.90. The van der Waals surface area contributed by atoms with Crippen molar-refractivity contribution in [3.63, 3.8) is 0 Å². The topological polar surface area (TPSA) is 38.7 Å². The van der Waals surface area contributed by atoms with Gasteiger partial charge in [-0.1, -0.05) is 80.6 Å². The number of fused-ring (bicyclic) bond motifs is 12. The Morgan fingerprint density at radius 1 is 0.622 bits per heavy atom. The standard InChI is InChI=1S/C39H38N6/c1-4-38(5-2)28-17-9-11-19-30(28)44-33-22-14-13-21-32(33)43(27-15-7-6-8-16-27)34(44)23-24-39(38)29-18-10-12-20-31(29)45-36-35(40-25-26-41-36)42(3)37(39)45/h6-22,25-26,34,37H,4-5,23-24H2,1-3H3. The highest BCUT2D eigenvalue weighted by molar-refractivity contribution is 5.91. The number of benzene rings is 4. The molecule has 224 valence electrons. The molecule has 6 nitrogen and oxygen atoms in total. The summed E-state index contributed by atoms with van der Waals surface area (Å²) < 4.78 is 0. The molecule has 0 N–H and O–H groups in total. The average Bonchev–Trinajstić information content (AvgIpc) is 3.70. The summed E-state index contributed by atoms with van der Waals surface area (Å²) >= 11 is 0. The molecule has 0 fully saturated rings. The molecule has 3 atom stereocenters. The van der Waals surface area contributed by atoms with E-state index in [1.54, 1.807) is 0 Å². The number of hydrogen-bond acceptors (Lipinski definition) is 6. The lowest BCUT2D eigenvalue weighted by Crippen LogP contribution is -2.62. The van der Waals surface area contributed by atoms with E-state index in [1.807, 2.05) is 12.4 Å². The van der Waals surface area contributed by atoms with Crippen LogP contribution < -0.4 is 19.6 Å². The minimum Gasteiger partial charge on any atom is -0.335 e. The quantitative estimate of drug-likeness (QED) is 0.209. The summed E-state index contributed by atoms with van der Waals surface area (Å²) in [5.41, 5.74) is 8.85. The maximum absolute atomic E-state index is 4.95. The number of para-hydroxylation sites is 5. The smallest absolute Gasteiger partial charge is 0.178 e. The molecule has 5 aromatic rings. The Morgan fingerprint density at radius 3 is 1.87 bits per heavy atom. The fraction of sp³-hybridized carbons (Fsp3) is 0.282. The molecule has 6 heteroatoms. The van der Waals surface area contributed by atoms with Gasteiger partial charge in [0.1, 0.15) is 12.3 Å².